The minimum absolute atomic E-state index is 0.0406. The first-order valence-corrected chi connectivity index (χ1v) is 7.22. The van der Waals surface area contributed by atoms with Crippen LogP contribution >= 0.6 is 11.8 Å². The highest BCUT2D eigenvalue weighted by Gasteiger charge is 2.28. The third kappa shape index (κ3) is 4.21. The van der Waals surface area contributed by atoms with Gasteiger partial charge < -0.3 is 15.7 Å². The third-order valence-electron chi connectivity index (χ3n) is 2.69. The SMILES string of the molecule is O=C1NC(C(=O)Nc2ccc(C#CCCO)cc2F)CS1. The van der Waals surface area contributed by atoms with E-state index in [1.165, 1.54) is 12.1 Å². The molecule has 0 aromatic heterocycles. The van der Waals surface area contributed by atoms with Crippen LogP contribution in [0.5, 0.6) is 0 Å². The second kappa shape index (κ2) is 7.11. The van der Waals surface area contributed by atoms with Gasteiger partial charge in [0.15, 0.2) is 0 Å². The summed E-state index contributed by atoms with van der Waals surface area (Å²) in [5.41, 5.74) is 0.502. The molecule has 0 saturated carbocycles. The Morgan fingerprint density at radius 2 is 2.38 bits per heavy atom. The molecule has 1 aliphatic heterocycles. The topological polar surface area (TPSA) is 78.4 Å². The molecule has 21 heavy (non-hydrogen) atoms. The molecule has 0 bridgehead atoms. The van der Waals surface area contributed by atoms with Crippen LogP contribution in [0.4, 0.5) is 14.9 Å². The summed E-state index contributed by atoms with van der Waals surface area (Å²) in [5.74, 6) is 4.67. The van der Waals surface area contributed by atoms with E-state index in [0.717, 1.165) is 11.8 Å². The van der Waals surface area contributed by atoms with Crippen LogP contribution in [0.1, 0.15) is 12.0 Å². The van der Waals surface area contributed by atoms with E-state index in [1.54, 1.807) is 6.07 Å². The minimum atomic E-state index is -0.647. The van der Waals surface area contributed by atoms with Crippen LogP contribution in [0, 0.1) is 17.7 Å². The zero-order valence-electron chi connectivity index (χ0n) is 11.0. The zero-order chi connectivity index (χ0) is 15.2. The number of anilines is 1. The van der Waals surface area contributed by atoms with Crippen LogP contribution in [0.2, 0.25) is 0 Å². The number of halogens is 1. The van der Waals surface area contributed by atoms with Crippen molar-refractivity contribution in [2.24, 2.45) is 0 Å². The van der Waals surface area contributed by atoms with Crippen LogP contribution in [-0.4, -0.2) is 34.7 Å². The summed E-state index contributed by atoms with van der Waals surface area (Å²) in [6.45, 7) is -0.0469. The lowest BCUT2D eigenvalue weighted by Crippen LogP contribution is -2.38. The van der Waals surface area contributed by atoms with E-state index in [4.69, 9.17) is 5.11 Å². The van der Waals surface area contributed by atoms with Gasteiger partial charge in [-0.3, -0.25) is 9.59 Å². The zero-order valence-corrected chi connectivity index (χ0v) is 11.8. The van der Waals surface area contributed by atoms with Crippen molar-refractivity contribution in [1.82, 2.24) is 5.32 Å². The largest absolute Gasteiger partial charge is 0.395 e. The molecule has 1 aromatic rings. The van der Waals surface area contributed by atoms with Crippen molar-refractivity contribution in [2.45, 2.75) is 12.5 Å². The highest BCUT2D eigenvalue weighted by molar-refractivity contribution is 8.14. The average molecular weight is 308 g/mol. The van der Waals surface area contributed by atoms with E-state index in [1.807, 2.05) is 0 Å². The molecule has 110 valence electrons. The molecule has 1 aromatic carbocycles. The fourth-order valence-electron chi connectivity index (χ4n) is 1.66. The summed E-state index contributed by atoms with van der Waals surface area (Å²) >= 11 is 1.02. The monoisotopic (exact) mass is 308 g/mol. The Morgan fingerprint density at radius 3 is 3.00 bits per heavy atom. The Morgan fingerprint density at radius 1 is 1.57 bits per heavy atom. The summed E-state index contributed by atoms with van der Waals surface area (Å²) in [6.07, 6.45) is 0.319. The fraction of sp³-hybridized carbons (Fsp3) is 0.286. The van der Waals surface area contributed by atoms with Crippen LogP contribution < -0.4 is 10.6 Å². The number of rotatable bonds is 3. The molecule has 2 rings (SSSR count). The Balaban J connectivity index is 2.02. The molecule has 1 atom stereocenters. The van der Waals surface area contributed by atoms with Gasteiger partial charge in [-0.25, -0.2) is 4.39 Å². The minimum Gasteiger partial charge on any atom is -0.395 e. The predicted octanol–water partition coefficient (Wildman–Crippen LogP) is 1.32. The molecule has 5 nitrogen and oxygen atoms in total. The first-order valence-electron chi connectivity index (χ1n) is 6.23. The maximum atomic E-state index is 13.9. The summed E-state index contributed by atoms with van der Waals surface area (Å²) in [5, 5.41) is 13.3. The van der Waals surface area contributed by atoms with Gasteiger partial charge in [0, 0.05) is 17.7 Å². The van der Waals surface area contributed by atoms with E-state index in [2.05, 4.69) is 22.5 Å². The van der Waals surface area contributed by atoms with Gasteiger partial charge in [0.25, 0.3) is 5.24 Å². The van der Waals surface area contributed by atoms with Crippen molar-refractivity contribution >= 4 is 28.6 Å². The maximum absolute atomic E-state index is 13.9. The summed E-state index contributed by atoms with van der Waals surface area (Å²) in [6, 6.07) is 3.55. The number of aliphatic hydroxyl groups is 1. The molecule has 7 heteroatoms. The molecule has 1 saturated heterocycles. The van der Waals surface area contributed by atoms with Crippen molar-refractivity contribution in [3.63, 3.8) is 0 Å². The average Bonchev–Trinajstić information content (AvgIpc) is 2.89. The number of thioether (sulfide) groups is 1. The summed E-state index contributed by atoms with van der Waals surface area (Å²) < 4.78 is 13.9. The lowest BCUT2D eigenvalue weighted by molar-refractivity contribution is -0.117. The lowest BCUT2D eigenvalue weighted by Gasteiger charge is -2.11. The number of aliphatic hydroxyl groups excluding tert-OH is 1. The highest BCUT2D eigenvalue weighted by atomic mass is 32.2. The molecule has 0 aliphatic carbocycles. The van der Waals surface area contributed by atoms with Gasteiger partial charge in [-0.1, -0.05) is 23.6 Å². The van der Waals surface area contributed by atoms with Gasteiger partial charge in [0.2, 0.25) is 5.91 Å². The molecule has 1 unspecified atom stereocenters. The van der Waals surface area contributed by atoms with E-state index in [0.29, 0.717) is 17.7 Å². The molecule has 0 spiro atoms. The third-order valence-corrected chi connectivity index (χ3v) is 3.57. The van der Waals surface area contributed by atoms with E-state index >= 15 is 0 Å². The van der Waals surface area contributed by atoms with E-state index in [9.17, 15) is 14.0 Å². The smallest absolute Gasteiger partial charge is 0.279 e. The molecule has 0 radical (unpaired) electrons. The second-order valence-corrected chi connectivity index (χ2v) is 5.25. The summed E-state index contributed by atoms with van der Waals surface area (Å²) in [4.78, 5) is 22.9. The van der Waals surface area contributed by atoms with Gasteiger partial charge in [0.1, 0.15) is 11.9 Å². The summed E-state index contributed by atoms with van der Waals surface area (Å²) in [7, 11) is 0. The van der Waals surface area contributed by atoms with Crippen LogP contribution in [0.25, 0.3) is 0 Å². The number of carbonyl (C=O) groups excluding carboxylic acids is 2. The molecular formula is C14H13FN2O3S. The van der Waals surface area contributed by atoms with Gasteiger partial charge >= 0.3 is 0 Å². The Bertz CT molecular complexity index is 624. The number of benzene rings is 1. The molecule has 1 aliphatic rings. The van der Waals surface area contributed by atoms with Gasteiger partial charge in [-0.05, 0) is 18.2 Å². The first-order chi connectivity index (χ1) is 10.1. The second-order valence-electron chi connectivity index (χ2n) is 4.25. The van der Waals surface area contributed by atoms with E-state index in [-0.39, 0.29) is 17.5 Å². The lowest BCUT2D eigenvalue weighted by atomic mass is 10.2. The van der Waals surface area contributed by atoms with Gasteiger partial charge in [0.05, 0.1) is 12.3 Å². The maximum Gasteiger partial charge on any atom is 0.279 e. The van der Waals surface area contributed by atoms with Crippen molar-refractivity contribution in [2.75, 3.05) is 17.7 Å². The fourth-order valence-corrected chi connectivity index (χ4v) is 2.44. The molecule has 1 fully saturated rings. The van der Waals surface area contributed by atoms with Crippen LogP contribution in [0.15, 0.2) is 18.2 Å². The van der Waals surface area contributed by atoms with Crippen molar-refractivity contribution < 1.29 is 19.1 Å². The number of nitrogens with one attached hydrogen (secondary N) is 2. The normalized spacial score (nSPS) is 16.9. The molecule has 3 N–H and O–H groups in total. The van der Waals surface area contributed by atoms with Gasteiger partial charge in [-0.15, -0.1) is 0 Å². The number of hydrogen-bond donors (Lipinski definition) is 3. The van der Waals surface area contributed by atoms with Crippen molar-refractivity contribution in [1.29, 1.82) is 0 Å². The Kier molecular flexibility index (Phi) is 5.20. The predicted molar refractivity (Wildman–Crippen MR) is 78.4 cm³/mol. The quantitative estimate of drug-likeness (QED) is 0.736. The molecule has 1 heterocycles. The molecule has 2 amide bonds. The van der Waals surface area contributed by atoms with Crippen molar-refractivity contribution in [3.05, 3.63) is 29.6 Å². The van der Waals surface area contributed by atoms with Crippen molar-refractivity contribution in [3.8, 4) is 11.8 Å². The Labute approximate surface area is 125 Å². The highest BCUT2D eigenvalue weighted by Crippen LogP contribution is 2.18. The van der Waals surface area contributed by atoms with Crippen LogP contribution in [0.3, 0.4) is 0 Å². The number of carbonyl (C=O) groups is 2. The van der Waals surface area contributed by atoms with Crippen LogP contribution in [-0.2, 0) is 4.79 Å². The number of hydrogen-bond acceptors (Lipinski definition) is 4. The van der Waals surface area contributed by atoms with Gasteiger partial charge in [-0.2, -0.15) is 0 Å². The first kappa shape index (κ1) is 15.4. The molecular weight excluding hydrogens is 295 g/mol. The number of amides is 2. The standard InChI is InChI=1S/C14H13FN2O3S/c15-10-7-9(3-1-2-6-18)4-5-11(10)16-13(19)12-8-21-14(20)17-12/h4-5,7,12,18H,2,6,8H2,(H,16,19)(H,17,20). The Hall–Kier alpha value is -2.04. The van der Waals surface area contributed by atoms with E-state index < -0.39 is 17.8 Å².